The summed E-state index contributed by atoms with van der Waals surface area (Å²) in [7, 11) is 0. The van der Waals surface area contributed by atoms with Crippen molar-refractivity contribution in [2.75, 3.05) is 6.54 Å². The second-order valence-electron chi connectivity index (χ2n) is 7.75. The topological polar surface area (TPSA) is 131 Å². The number of nitrogens with zero attached hydrogens (tertiary/aromatic N) is 1. The molecule has 0 heterocycles. The first-order valence-electron chi connectivity index (χ1n) is 9.45. The molecule has 1 atom stereocenters. The molecule has 0 aromatic heterocycles. The Labute approximate surface area is 178 Å². The summed E-state index contributed by atoms with van der Waals surface area (Å²) in [4.78, 5) is 35.0. The van der Waals surface area contributed by atoms with Gasteiger partial charge in [-0.3, -0.25) is 14.9 Å². The van der Waals surface area contributed by atoms with Gasteiger partial charge in [0.25, 0.3) is 0 Å². The van der Waals surface area contributed by atoms with Gasteiger partial charge in [0.05, 0.1) is 4.92 Å². The van der Waals surface area contributed by atoms with E-state index >= 15 is 0 Å². The van der Waals surface area contributed by atoms with E-state index in [1.807, 2.05) is 0 Å². The Hall–Kier alpha value is -3.69. The zero-order valence-electron chi connectivity index (χ0n) is 17.3. The predicted molar refractivity (Wildman–Crippen MR) is 110 cm³/mol. The summed E-state index contributed by atoms with van der Waals surface area (Å²) in [5.74, 6) is -1.49. The molecule has 0 aliphatic rings. The minimum absolute atomic E-state index is 0.00178. The van der Waals surface area contributed by atoms with Crippen LogP contribution in [-0.4, -0.2) is 34.2 Å². The number of hydrogen-bond acceptors (Lipinski definition) is 6. The van der Waals surface area contributed by atoms with E-state index in [4.69, 9.17) is 4.74 Å². The maximum absolute atomic E-state index is 13.5. The van der Waals surface area contributed by atoms with Crippen LogP contribution in [0.3, 0.4) is 0 Å². The van der Waals surface area contributed by atoms with E-state index in [1.54, 1.807) is 20.8 Å². The van der Waals surface area contributed by atoms with Crippen LogP contribution in [0.15, 0.2) is 42.5 Å². The molecule has 0 bridgehead atoms. The number of aromatic hydroxyl groups is 1. The summed E-state index contributed by atoms with van der Waals surface area (Å²) in [5, 5.41) is 25.5. The van der Waals surface area contributed by atoms with Crippen LogP contribution in [0.5, 0.6) is 5.75 Å². The lowest BCUT2D eigenvalue weighted by Crippen LogP contribution is -2.43. The minimum atomic E-state index is -1.10. The van der Waals surface area contributed by atoms with Gasteiger partial charge in [0, 0.05) is 12.6 Å². The van der Waals surface area contributed by atoms with Crippen LogP contribution >= 0.6 is 0 Å². The third-order valence-electron chi connectivity index (χ3n) is 4.07. The second-order valence-corrected chi connectivity index (χ2v) is 7.75. The molecule has 2 rings (SSSR count). The van der Waals surface area contributed by atoms with Gasteiger partial charge in [-0.15, -0.1) is 0 Å². The van der Waals surface area contributed by atoms with E-state index in [2.05, 4.69) is 10.6 Å². The molecule has 0 unspecified atom stereocenters. The molecule has 31 heavy (non-hydrogen) atoms. The number of ether oxygens (including phenoxy) is 1. The lowest BCUT2D eigenvalue weighted by atomic mass is 10.1. The number of halogens is 1. The maximum atomic E-state index is 13.5. The summed E-state index contributed by atoms with van der Waals surface area (Å²) in [6.45, 7) is 5.14. The molecular formula is C21H24FN3O6. The van der Waals surface area contributed by atoms with Crippen LogP contribution < -0.4 is 10.6 Å². The van der Waals surface area contributed by atoms with E-state index in [9.17, 15) is 29.2 Å². The van der Waals surface area contributed by atoms with Gasteiger partial charge in [0.15, 0.2) is 0 Å². The van der Waals surface area contributed by atoms with Gasteiger partial charge in [-0.05, 0) is 56.5 Å². The number of rotatable bonds is 7. The third-order valence-corrected chi connectivity index (χ3v) is 4.07. The number of phenols is 1. The summed E-state index contributed by atoms with van der Waals surface area (Å²) < 4.78 is 18.7. The van der Waals surface area contributed by atoms with Crippen LogP contribution in [0.4, 0.5) is 14.9 Å². The first-order chi connectivity index (χ1) is 14.5. The lowest BCUT2D eigenvalue weighted by molar-refractivity contribution is -0.387. The smallest absolute Gasteiger partial charge is 0.408 e. The highest BCUT2D eigenvalue weighted by Gasteiger charge is 2.26. The molecule has 0 aliphatic carbocycles. The molecule has 2 aromatic carbocycles. The average molecular weight is 433 g/mol. The highest BCUT2D eigenvalue weighted by Crippen LogP contribution is 2.20. The molecular weight excluding hydrogens is 409 g/mol. The number of nitro groups is 1. The van der Waals surface area contributed by atoms with Crippen molar-refractivity contribution in [3.8, 4) is 5.75 Å². The lowest BCUT2D eigenvalue weighted by Gasteiger charge is -2.23. The zero-order chi connectivity index (χ0) is 23.2. The number of hydrogen-bond donors (Lipinski definition) is 3. The summed E-state index contributed by atoms with van der Waals surface area (Å²) >= 11 is 0. The van der Waals surface area contributed by atoms with Crippen molar-refractivity contribution >= 4 is 17.7 Å². The molecule has 0 spiro atoms. The van der Waals surface area contributed by atoms with Crippen LogP contribution in [0.25, 0.3) is 0 Å². The van der Waals surface area contributed by atoms with E-state index in [0.717, 1.165) is 12.1 Å². The van der Waals surface area contributed by atoms with Gasteiger partial charge >= 0.3 is 11.8 Å². The van der Waals surface area contributed by atoms with Crippen molar-refractivity contribution < 1.29 is 28.7 Å². The van der Waals surface area contributed by atoms with Crippen LogP contribution in [0, 0.1) is 15.9 Å². The predicted octanol–water partition coefficient (Wildman–Crippen LogP) is 3.36. The quantitative estimate of drug-likeness (QED) is 0.453. The third kappa shape index (κ3) is 7.25. The molecule has 2 amide bonds. The van der Waals surface area contributed by atoms with E-state index in [1.165, 1.54) is 30.3 Å². The molecule has 166 valence electrons. The minimum Gasteiger partial charge on any atom is -0.508 e. The van der Waals surface area contributed by atoms with Crippen molar-refractivity contribution in [2.45, 2.75) is 38.8 Å². The van der Waals surface area contributed by atoms with Gasteiger partial charge < -0.3 is 20.5 Å². The standard InChI is InChI=1S/C21H24FN3O6/c1-21(2,3)31-20(28)24-18(14-5-7-15(26)8-6-14)19(27)23-11-10-13-4-9-16(22)17(12-13)25(29)30/h4-9,12,18,26H,10-11H2,1-3H3,(H,23,27)(H,24,28)/t18-/m1/s1. The molecule has 0 aliphatic heterocycles. The highest BCUT2D eigenvalue weighted by atomic mass is 19.1. The van der Waals surface area contributed by atoms with Crippen molar-refractivity contribution in [1.82, 2.24) is 10.6 Å². The maximum Gasteiger partial charge on any atom is 0.408 e. The summed E-state index contributed by atoms with van der Waals surface area (Å²) in [6.07, 6.45) is -0.586. The van der Waals surface area contributed by atoms with Gasteiger partial charge in [0.2, 0.25) is 11.7 Å². The Balaban J connectivity index is 2.08. The van der Waals surface area contributed by atoms with Crippen LogP contribution in [0.2, 0.25) is 0 Å². The van der Waals surface area contributed by atoms with Gasteiger partial charge in [0.1, 0.15) is 17.4 Å². The number of nitro benzene ring substituents is 1. The van der Waals surface area contributed by atoms with Crippen molar-refractivity contribution in [2.24, 2.45) is 0 Å². The van der Waals surface area contributed by atoms with Crippen molar-refractivity contribution in [1.29, 1.82) is 0 Å². The molecule has 0 fully saturated rings. The number of alkyl carbamates (subject to hydrolysis) is 1. The SMILES string of the molecule is CC(C)(C)OC(=O)N[C@@H](C(=O)NCCc1ccc(F)c([N+](=O)[O-])c1)c1ccc(O)cc1. The molecule has 2 aromatic rings. The monoisotopic (exact) mass is 433 g/mol. The molecule has 0 saturated heterocycles. The van der Waals surface area contributed by atoms with Gasteiger partial charge in [-0.25, -0.2) is 4.79 Å². The molecule has 9 nitrogen and oxygen atoms in total. The first-order valence-corrected chi connectivity index (χ1v) is 9.45. The fourth-order valence-corrected chi connectivity index (χ4v) is 2.68. The highest BCUT2D eigenvalue weighted by molar-refractivity contribution is 5.87. The van der Waals surface area contributed by atoms with Gasteiger partial charge in [-0.1, -0.05) is 18.2 Å². The Bertz CT molecular complexity index is 957. The van der Waals surface area contributed by atoms with Crippen LogP contribution in [-0.2, 0) is 16.0 Å². The molecule has 0 saturated carbocycles. The van der Waals surface area contributed by atoms with Gasteiger partial charge in [-0.2, -0.15) is 4.39 Å². The molecule has 10 heteroatoms. The fourth-order valence-electron chi connectivity index (χ4n) is 2.68. The summed E-state index contributed by atoms with van der Waals surface area (Å²) in [6, 6.07) is 8.13. The summed E-state index contributed by atoms with van der Waals surface area (Å²) in [5.41, 5.74) is -0.525. The van der Waals surface area contributed by atoms with E-state index in [0.29, 0.717) is 11.1 Å². The fraction of sp³-hybridized carbons (Fsp3) is 0.333. The Kier molecular flexibility index (Phi) is 7.51. The number of nitrogens with one attached hydrogen (secondary N) is 2. The van der Waals surface area contributed by atoms with Crippen molar-refractivity contribution in [3.05, 3.63) is 69.5 Å². The van der Waals surface area contributed by atoms with Crippen molar-refractivity contribution in [3.63, 3.8) is 0 Å². The number of phenolic OH excluding ortho intramolecular Hbond substituents is 1. The van der Waals surface area contributed by atoms with E-state index in [-0.39, 0.29) is 18.7 Å². The Morgan fingerprint density at radius 2 is 1.84 bits per heavy atom. The first kappa shape index (κ1) is 23.6. The number of amides is 2. The normalized spacial score (nSPS) is 12.0. The average Bonchev–Trinajstić information content (AvgIpc) is 2.66. The largest absolute Gasteiger partial charge is 0.508 e. The number of carbonyl (C=O) groups excluding carboxylic acids is 2. The second kappa shape index (κ2) is 9.88. The Morgan fingerprint density at radius 1 is 1.19 bits per heavy atom. The zero-order valence-corrected chi connectivity index (χ0v) is 17.3. The number of carbonyl (C=O) groups is 2. The Morgan fingerprint density at radius 3 is 2.42 bits per heavy atom. The number of benzene rings is 2. The molecule has 0 radical (unpaired) electrons. The molecule has 3 N–H and O–H groups in total. The van der Waals surface area contributed by atoms with Crippen LogP contribution in [0.1, 0.15) is 37.9 Å². The van der Waals surface area contributed by atoms with E-state index < -0.39 is 40.1 Å².